The monoisotopic (exact) mass is 367 g/mol. The Labute approximate surface area is 149 Å². The smallest absolute Gasteiger partial charge is 0.273 e. The maximum absolute atomic E-state index is 12.5. The van der Waals surface area contributed by atoms with Gasteiger partial charge in [-0.2, -0.15) is 0 Å². The molecule has 2 amide bonds. The molecular weight excluding hydrogens is 346 g/mol. The van der Waals surface area contributed by atoms with Gasteiger partial charge in [0.25, 0.3) is 11.8 Å². The van der Waals surface area contributed by atoms with Crippen molar-refractivity contribution in [3.8, 4) is 0 Å². The summed E-state index contributed by atoms with van der Waals surface area (Å²) in [5.41, 5.74) is 0.168. The second-order valence-corrected chi connectivity index (χ2v) is 6.02. The largest absolute Gasteiger partial charge is 0.446 e. The van der Waals surface area contributed by atoms with Gasteiger partial charge in [-0.3, -0.25) is 9.59 Å². The van der Waals surface area contributed by atoms with Crippen LogP contribution in [0.25, 0.3) is 0 Å². The summed E-state index contributed by atoms with van der Waals surface area (Å²) in [5.74, 6) is -0.186. The van der Waals surface area contributed by atoms with Crippen molar-refractivity contribution in [3.63, 3.8) is 0 Å². The maximum Gasteiger partial charge on any atom is 0.273 e. The zero-order valence-corrected chi connectivity index (χ0v) is 15.0. The van der Waals surface area contributed by atoms with E-state index in [1.165, 1.54) is 17.6 Å². The molecule has 0 saturated heterocycles. The average molecular weight is 367 g/mol. The molecule has 9 heteroatoms. The normalized spacial score (nSPS) is 10.6. The molecule has 2 rings (SSSR count). The van der Waals surface area contributed by atoms with Crippen molar-refractivity contribution in [1.82, 2.24) is 15.2 Å². The van der Waals surface area contributed by atoms with Gasteiger partial charge in [-0.25, -0.2) is 4.98 Å². The van der Waals surface area contributed by atoms with Crippen LogP contribution in [0.1, 0.15) is 26.1 Å². The highest BCUT2D eigenvalue weighted by Crippen LogP contribution is 2.14. The van der Waals surface area contributed by atoms with E-state index >= 15 is 0 Å². The zero-order chi connectivity index (χ0) is 18.1. The van der Waals surface area contributed by atoms with Crippen LogP contribution in [0.2, 0.25) is 0 Å². The fourth-order valence-electron chi connectivity index (χ4n) is 2.02. The Balaban J connectivity index is 2.01. The molecule has 136 valence electrons. The Morgan fingerprint density at radius 1 is 1.32 bits per heavy atom. The molecule has 1 N–H and O–H groups in total. The van der Waals surface area contributed by atoms with Crippen molar-refractivity contribution >= 4 is 23.2 Å². The van der Waals surface area contributed by atoms with Gasteiger partial charge in [0.05, 0.1) is 24.6 Å². The summed E-state index contributed by atoms with van der Waals surface area (Å²) in [6.07, 6.45) is 1.28. The van der Waals surface area contributed by atoms with Crippen LogP contribution < -0.4 is 5.32 Å². The van der Waals surface area contributed by atoms with Gasteiger partial charge in [-0.05, 0) is 11.4 Å². The Bertz CT molecular complexity index is 671. The lowest BCUT2D eigenvalue weighted by atomic mass is 10.3. The van der Waals surface area contributed by atoms with Crippen LogP contribution in [0, 0.1) is 0 Å². The first-order chi connectivity index (χ1) is 12.2. The summed E-state index contributed by atoms with van der Waals surface area (Å²) in [7, 11) is 3.13. The van der Waals surface area contributed by atoms with E-state index in [9.17, 15) is 9.59 Å². The molecule has 0 bridgehead atoms. The van der Waals surface area contributed by atoms with Gasteiger partial charge in [0.1, 0.15) is 6.26 Å². The molecule has 0 spiro atoms. The molecule has 2 aromatic heterocycles. The number of nitrogens with one attached hydrogen (secondary N) is 1. The Morgan fingerprint density at radius 2 is 2.12 bits per heavy atom. The molecule has 2 heterocycles. The van der Waals surface area contributed by atoms with Crippen LogP contribution >= 0.6 is 11.3 Å². The topological polar surface area (TPSA) is 93.9 Å². The highest BCUT2D eigenvalue weighted by Gasteiger charge is 2.20. The molecule has 0 fully saturated rings. The number of rotatable bonds is 10. The number of carbonyl (C=O) groups excluding carboxylic acids is 2. The molecule has 0 atom stereocenters. The molecule has 0 aromatic carbocycles. The summed E-state index contributed by atoms with van der Waals surface area (Å²) in [4.78, 5) is 30.8. The average Bonchev–Trinajstić information content (AvgIpc) is 3.30. The quantitative estimate of drug-likeness (QED) is 0.638. The van der Waals surface area contributed by atoms with Crippen LogP contribution in [0.5, 0.6) is 0 Å². The minimum absolute atomic E-state index is 0.128. The van der Waals surface area contributed by atoms with E-state index < -0.39 is 0 Å². The number of nitrogens with zero attached hydrogens (tertiary/aromatic N) is 2. The van der Waals surface area contributed by atoms with Crippen molar-refractivity contribution in [1.29, 1.82) is 0 Å². The molecule has 0 aliphatic heterocycles. The molecule has 0 aliphatic carbocycles. The van der Waals surface area contributed by atoms with E-state index in [0.717, 1.165) is 0 Å². The summed E-state index contributed by atoms with van der Waals surface area (Å²) >= 11 is 1.37. The number of aromatic nitrogens is 1. The van der Waals surface area contributed by atoms with Gasteiger partial charge in [0, 0.05) is 27.3 Å². The first-order valence-electron chi connectivity index (χ1n) is 7.69. The third-order valence-electron chi connectivity index (χ3n) is 3.29. The summed E-state index contributed by atoms with van der Waals surface area (Å²) in [5, 5.41) is 4.50. The van der Waals surface area contributed by atoms with Crippen molar-refractivity contribution in [3.05, 3.63) is 40.2 Å². The van der Waals surface area contributed by atoms with Crippen LogP contribution in [-0.2, 0) is 16.0 Å². The highest BCUT2D eigenvalue weighted by molar-refractivity contribution is 7.12. The molecule has 8 nitrogen and oxygen atoms in total. The third-order valence-corrected chi connectivity index (χ3v) is 4.14. The SMILES string of the molecule is COCCNC(=O)c1coc(CN(CCOC)C(=O)c2cccs2)n1. The third kappa shape index (κ3) is 5.66. The van der Waals surface area contributed by atoms with Crippen LogP contribution in [0.15, 0.2) is 28.2 Å². The lowest BCUT2D eigenvalue weighted by Gasteiger charge is -2.19. The van der Waals surface area contributed by atoms with Crippen LogP contribution in [0.4, 0.5) is 0 Å². The number of carbonyl (C=O) groups is 2. The van der Waals surface area contributed by atoms with E-state index in [0.29, 0.717) is 31.2 Å². The number of methoxy groups -OCH3 is 2. The van der Waals surface area contributed by atoms with E-state index in [2.05, 4.69) is 10.3 Å². The molecule has 0 unspecified atom stereocenters. The molecule has 0 saturated carbocycles. The Hall–Kier alpha value is -2.23. The predicted molar refractivity (Wildman–Crippen MR) is 91.6 cm³/mol. The lowest BCUT2D eigenvalue weighted by Crippen LogP contribution is -2.33. The van der Waals surface area contributed by atoms with Crippen molar-refractivity contribution in [2.24, 2.45) is 0 Å². The molecule has 25 heavy (non-hydrogen) atoms. The van der Waals surface area contributed by atoms with E-state index in [-0.39, 0.29) is 29.9 Å². The predicted octanol–water partition coefficient (Wildman–Crippen LogP) is 1.40. The number of hydrogen-bond donors (Lipinski definition) is 1. The molecule has 2 aromatic rings. The molecule has 0 radical (unpaired) electrons. The summed E-state index contributed by atoms with van der Waals surface area (Å²) in [6.45, 7) is 1.74. The van der Waals surface area contributed by atoms with Crippen molar-refractivity contribution in [2.75, 3.05) is 40.5 Å². The lowest BCUT2D eigenvalue weighted by molar-refractivity contribution is 0.0667. The van der Waals surface area contributed by atoms with Crippen LogP contribution in [0.3, 0.4) is 0 Å². The van der Waals surface area contributed by atoms with Gasteiger partial charge in [0.2, 0.25) is 5.89 Å². The minimum Gasteiger partial charge on any atom is -0.446 e. The summed E-state index contributed by atoms with van der Waals surface area (Å²) in [6, 6.07) is 3.58. The fraction of sp³-hybridized carbons (Fsp3) is 0.438. The number of hydrogen-bond acceptors (Lipinski definition) is 7. The molecular formula is C16H21N3O5S. The number of oxazole rings is 1. The minimum atomic E-state index is -0.347. The number of amides is 2. The second-order valence-electron chi connectivity index (χ2n) is 5.07. The van der Waals surface area contributed by atoms with Gasteiger partial charge in [-0.1, -0.05) is 6.07 Å². The van der Waals surface area contributed by atoms with Crippen molar-refractivity contribution in [2.45, 2.75) is 6.54 Å². The zero-order valence-electron chi connectivity index (χ0n) is 14.2. The number of ether oxygens (including phenoxy) is 2. The Morgan fingerprint density at radius 3 is 2.80 bits per heavy atom. The first-order valence-corrected chi connectivity index (χ1v) is 8.57. The Kier molecular flexibility index (Phi) is 7.58. The van der Waals surface area contributed by atoms with Gasteiger partial charge < -0.3 is 24.1 Å². The maximum atomic E-state index is 12.5. The van der Waals surface area contributed by atoms with Gasteiger partial charge in [-0.15, -0.1) is 11.3 Å². The van der Waals surface area contributed by atoms with E-state index in [1.54, 1.807) is 25.2 Å². The number of thiophene rings is 1. The fourth-order valence-corrected chi connectivity index (χ4v) is 2.71. The first kappa shape index (κ1) is 19.1. The standard InChI is InChI=1S/C16H21N3O5S/c1-22-7-5-17-15(20)12-11-24-14(18-12)10-19(6-8-23-2)16(21)13-4-3-9-25-13/h3-4,9,11H,5-8,10H2,1-2H3,(H,17,20). The van der Waals surface area contributed by atoms with E-state index in [4.69, 9.17) is 13.9 Å². The van der Waals surface area contributed by atoms with Crippen LogP contribution in [-0.4, -0.2) is 62.2 Å². The van der Waals surface area contributed by atoms with E-state index in [1.807, 2.05) is 11.4 Å². The molecule has 0 aliphatic rings. The van der Waals surface area contributed by atoms with Gasteiger partial charge in [0.15, 0.2) is 5.69 Å². The second kappa shape index (κ2) is 9.92. The summed E-state index contributed by atoms with van der Waals surface area (Å²) < 4.78 is 15.3. The van der Waals surface area contributed by atoms with Gasteiger partial charge >= 0.3 is 0 Å². The highest BCUT2D eigenvalue weighted by atomic mass is 32.1. The van der Waals surface area contributed by atoms with Crippen molar-refractivity contribution < 1.29 is 23.5 Å².